The zero-order chi connectivity index (χ0) is 23.2. The lowest BCUT2D eigenvalue weighted by Crippen LogP contribution is -2.39. The summed E-state index contributed by atoms with van der Waals surface area (Å²) in [7, 11) is 1.18. The van der Waals surface area contributed by atoms with Crippen LogP contribution in [0.1, 0.15) is 44.7 Å². The van der Waals surface area contributed by atoms with E-state index in [2.05, 4.69) is 4.98 Å². The summed E-state index contributed by atoms with van der Waals surface area (Å²) in [4.78, 5) is 53.6. The van der Waals surface area contributed by atoms with Gasteiger partial charge in [-0.05, 0) is 20.3 Å². The van der Waals surface area contributed by atoms with Crippen LogP contribution in [0.25, 0.3) is 5.57 Å². The Labute approximate surface area is 180 Å². The number of nitrogens with zero attached hydrogens (tertiary/aromatic N) is 2. The Balaban J connectivity index is 2.13. The minimum Gasteiger partial charge on any atom is -0.352 e. The summed E-state index contributed by atoms with van der Waals surface area (Å²) in [6, 6.07) is 0. The van der Waals surface area contributed by atoms with E-state index >= 15 is 0 Å². The van der Waals surface area contributed by atoms with Crippen LogP contribution in [0.5, 0.6) is 0 Å². The van der Waals surface area contributed by atoms with Gasteiger partial charge in [-0.3, -0.25) is 34.3 Å². The van der Waals surface area contributed by atoms with Crippen LogP contribution >= 0.6 is 8.53 Å². The average molecular weight is 454 g/mol. The third-order valence-corrected chi connectivity index (χ3v) is 6.68. The van der Waals surface area contributed by atoms with Gasteiger partial charge in [-0.25, -0.2) is 4.79 Å². The van der Waals surface area contributed by atoms with E-state index in [-0.39, 0.29) is 34.4 Å². The molecule has 0 aliphatic carbocycles. The second-order valence-corrected chi connectivity index (χ2v) is 8.78. The molecule has 3 N–H and O–H groups in total. The molecule has 0 bridgehead atoms. The zero-order valence-corrected chi connectivity index (χ0v) is 19.2. The van der Waals surface area contributed by atoms with Crippen molar-refractivity contribution in [2.75, 3.05) is 14.2 Å². The number of nitrogens with one attached hydrogen (secondary N) is 1. The molecular formula is C19H27N4O7P. The number of rotatable bonds is 6. The van der Waals surface area contributed by atoms with E-state index in [0.29, 0.717) is 6.42 Å². The molecule has 5 atom stereocenters. The minimum atomic E-state index is -1.61. The van der Waals surface area contributed by atoms with E-state index in [0.717, 1.165) is 4.90 Å². The van der Waals surface area contributed by atoms with Gasteiger partial charge in [-0.2, -0.15) is 0 Å². The van der Waals surface area contributed by atoms with Gasteiger partial charge in [0.15, 0.2) is 0 Å². The van der Waals surface area contributed by atoms with Crippen LogP contribution < -0.4 is 16.8 Å². The van der Waals surface area contributed by atoms with Crippen molar-refractivity contribution in [2.45, 2.75) is 52.6 Å². The molecule has 1 aromatic heterocycles. The van der Waals surface area contributed by atoms with Crippen molar-refractivity contribution in [3.63, 3.8) is 0 Å². The minimum absolute atomic E-state index is 0.0182. The third-order valence-electron chi connectivity index (χ3n) is 5.87. The van der Waals surface area contributed by atoms with Gasteiger partial charge in [-0.15, -0.1) is 0 Å². The quantitative estimate of drug-likeness (QED) is 0.474. The molecule has 3 heterocycles. The molecule has 31 heavy (non-hydrogen) atoms. The highest BCUT2D eigenvalue weighted by Crippen LogP contribution is 2.43. The van der Waals surface area contributed by atoms with Crippen molar-refractivity contribution >= 4 is 25.9 Å². The van der Waals surface area contributed by atoms with Crippen molar-refractivity contribution in [3.05, 3.63) is 37.7 Å². The number of amides is 2. The highest BCUT2D eigenvalue weighted by atomic mass is 31.2. The molecule has 0 radical (unpaired) electrons. The normalized spacial score (nSPS) is 27.5. The van der Waals surface area contributed by atoms with Gasteiger partial charge in [0.1, 0.15) is 6.23 Å². The van der Waals surface area contributed by atoms with E-state index in [4.69, 9.17) is 19.3 Å². The number of aromatic amines is 1. The Morgan fingerprint density at radius 1 is 1.19 bits per heavy atom. The number of aromatic nitrogens is 2. The average Bonchev–Trinajstić information content (AvgIpc) is 3.12. The summed E-state index contributed by atoms with van der Waals surface area (Å²) in [5.41, 5.74) is 4.75. The molecule has 2 aliphatic rings. The lowest BCUT2D eigenvalue weighted by molar-refractivity contribution is -0.135. The van der Waals surface area contributed by atoms with Crippen LogP contribution in [0.3, 0.4) is 0 Å². The fourth-order valence-corrected chi connectivity index (χ4v) is 4.82. The topological polar surface area (TPSA) is 146 Å². The molecule has 1 saturated heterocycles. The van der Waals surface area contributed by atoms with Gasteiger partial charge in [-0.1, -0.05) is 13.8 Å². The molecule has 3 rings (SSSR count). The predicted molar refractivity (Wildman–Crippen MR) is 113 cm³/mol. The fourth-order valence-electron chi connectivity index (χ4n) is 4.16. The van der Waals surface area contributed by atoms with Crippen LogP contribution in [0, 0.1) is 12.8 Å². The number of nitrogens with two attached hydrogens (primary N) is 1. The Morgan fingerprint density at radius 3 is 2.35 bits per heavy atom. The van der Waals surface area contributed by atoms with Crippen LogP contribution in [0.15, 0.2) is 15.2 Å². The van der Waals surface area contributed by atoms with E-state index in [1.165, 1.54) is 25.6 Å². The Bertz CT molecular complexity index is 1060. The molecule has 0 aromatic carbocycles. The second kappa shape index (κ2) is 8.76. The molecule has 0 spiro atoms. The molecular weight excluding hydrogens is 427 g/mol. The maximum Gasteiger partial charge on any atom is 0.330 e. The molecule has 2 amide bonds. The third kappa shape index (κ3) is 3.81. The van der Waals surface area contributed by atoms with E-state index < -0.39 is 43.9 Å². The lowest BCUT2D eigenvalue weighted by atomic mass is 9.99. The first-order valence-electron chi connectivity index (χ1n) is 9.85. The number of hydrogen-bond donors (Lipinski definition) is 2. The first kappa shape index (κ1) is 23.5. The van der Waals surface area contributed by atoms with E-state index in [9.17, 15) is 19.2 Å². The number of H-pyrrole nitrogens is 1. The molecule has 5 unspecified atom stereocenters. The maximum atomic E-state index is 12.8. The van der Waals surface area contributed by atoms with Crippen molar-refractivity contribution in [1.82, 2.24) is 14.5 Å². The summed E-state index contributed by atoms with van der Waals surface area (Å²) in [5, 5.41) is 0. The van der Waals surface area contributed by atoms with Crippen LogP contribution in [-0.4, -0.2) is 52.6 Å². The summed E-state index contributed by atoms with van der Waals surface area (Å²) >= 11 is 0. The molecule has 1 aromatic rings. The molecule has 11 nitrogen and oxygen atoms in total. The Morgan fingerprint density at radius 2 is 1.84 bits per heavy atom. The van der Waals surface area contributed by atoms with E-state index in [1.54, 1.807) is 6.92 Å². The summed E-state index contributed by atoms with van der Waals surface area (Å²) in [6.45, 7) is 6.80. The predicted octanol–water partition coefficient (Wildman–Crippen LogP) is 0.778. The Hall–Kier alpha value is -2.17. The van der Waals surface area contributed by atoms with Crippen LogP contribution in [-0.2, 0) is 23.4 Å². The van der Waals surface area contributed by atoms with Crippen molar-refractivity contribution in [2.24, 2.45) is 11.4 Å². The number of carbonyl (C=O) groups excluding carboxylic acids is 2. The molecule has 170 valence electrons. The maximum absolute atomic E-state index is 12.8. The SMILES string of the molecule is CCC1OC(n2c(C)c(C3=C(C)C(=O)N(C)C3=O)c(=O)[nH]c2=O)C(C)C1OP(N)OC. The molecule has 0 saturated carbocycles. The molecule has 2 aliphatic heterocycles. The van der Waals surface area contributed by atoms with Crippen molar-refractivity contribution in [1.29, 1.82) is 0 Å². The van der Waals surface area contributed by atoms with Gasteiger partial charge >= 0.3 is 5.69 Å². The lowest BCUT2D eigenvalue weighted by Gasteiger charge is -2.24. The van der Waals surface area contributed by atoms with Gasteiger partial charge in [0.05, 0.1) is 23.3 Å². The van der Waals surface area contributed by atoms with E-state index in [1.807, 2.05) is 13.8 Å². The van der Waals surface area contributed by atoms with Gasteiger partial charge in [0.2, 0.25) is 0 Å². The number of imide groups is 1. The standard InChI is InChI=1S/C19H27N4O7P/c1-7-11-14(30-31(20)28-6)9(3)18(29-11)23-10(4)13(15(24)21-19(23)27)12-8(2)16(25)22(5)17(12)26/h9,11,14,18H,7,20H2,1-6H3,(H,21,24,27). The highest BCUT2D eigenvalue weighted by molar-refractivity contribution is 7.44. The Kier molecular flexibility index (Phi) is 6.64. The van der Waals surface area contributed by atoms with Crippen LogP contribution in [0.2, 0.25) is 0 Å². The van der Waals surface area contributed by atoms with Gasteiger partial charge in [0, 0.05) is 31.3 Å². The molecule has 12 heteroatoms. The zero-order valence-electron chi connectivity index (χ0n) is 18.3. The summed E-state index contributed by atoms with van der Waals surface area (Å²) < 4.78 is 18.3. The number of carbonyl (C=O) groups is 2. The largest absolute Gasteiger partial charge is 0.352 e. The van der Waals surface area contributed by atoms with Crippen LogP contribution in [0.4, 0.5) is 0 Å². The summed E-state index contributed by atoms with van der Waals surface area (Å²) in [6.07, 6.45) is -0.962. The number of ether oxygens (including phenoxy) is 1. The van der Waals surface area contributed by atoms with Crippen molar-refractivity contribution in [3.8, 4) is 0 Å². The smallest absolute Gasteiger partial charge is 0.330 e. The monoisotopic (exact) mass is 454 g/mol. The fraction of sp³-hybridized carbons (Fsp3) is 0.579. The second-order valence-electron chi connectivity index (χ2n) is 7.63. The number of hydrogen-bond acceptors (Lipinski definition) is 8. The highest BCUT2D eigenvalue weighted by Gasteiger charge is 2.45. The molecule has 1 fully saturated rings. The first-order valence-corrected chi connectivity index (χ1v) is 11.1. The van der Waals surface area contributed by atoms with Crippen molar-refractivity contribution < 1.29 is 23.4 Å². The number of likely N-dealkylation sites (N-methyl/N-ethyl adjacent to an activating group) is 1. The van der Waals surface area contributed by atoms with Gasteiger partial charge < -0.3 is 13.8 Å². The first-order chi connectivity index (χ1) is 14.5. The summed E-state index contributed by atoms with van der Waals surface area (Å²) in [5.74, 6) is -1.40. The van der Waals surface area contributed by atoms with Gasteiger partial charge in [0.25, 0.3) is 25.9 Å².